The molecule has 1 unspecified atom stereocenters. The van der Waals surface area contributed by atoms with Crippen LogP contribution in [0.15, 0.2) is 47.3 Å². The number of benzene rings is 2. The summed E-state index contributed by atoms with van der Waals surface area (Å²) in [5.74, 6) is 0.800. The summed E-state index contributed by atoms with van der Waals surface area (Å²) in [5, 5.41) is 3.82. The number of anilines is 1. The Morgan fingerprint density at radius 2 is 1.71 bits per heavy atom. The predicted molar refractivity (Wildman–Crippen MR) is 111 cm³/mol. The summed E-state index contributed by atoms with van der Waals surface area (Å²) in [5.41, 5.74) is 2.99. The number of nitrogens with zero attached hydrogens (tertiary/aromatic N) is 1. The average Bonchev–Trinajstić information content (AvgIpc) is 2.68. The van der Waals surface area contributed by atoms with Crippen LogP contribution in [0.5, 0.6) is 11.5 Å². The van der Waals surface area contributed by atoms with Crippen LogP contribution in [0, 0.1) is 13.8 Å². The molecule has 146 valence electrons. The first-order valence-electron chi connectivity index (χ1n) is 9.01. The molecule has 0 spiro atoms. The molecule has 6 nitrogen and oxygen atoms in total. The molecule has 6 heteroatoms. The molecule has 1 heterocycles. The van der Waals surface area contributed by atoms with Crippen molar-refractivity contribution < 1.29 is 14.3 Å². The van der Waals surface area contributed by atoms with Gasteiger partial charge in [0, 0.05) is 23.2 Å². The predicted octanol–water partition coefficient (Wildman–Crippen LogP) is 3.84. The van der Waals surface area contributed by atoms with E-state index in [1.54, 1.807) is 42.9 Å². The lowest BCUT2D eigenvalue weighted by Crippen LogP contribution is -2.32. The van der Waals surface area contributed by atoms with E-state index >= 15 is 0 Å². The van der Waals surface area contributed by atoms with Gasteiger partial charge in [-0.25, -0.2) is 0 Å². The summed E-state index contributed by atoms with van der Waals surface area (Å²) >= 11 is 0. The first-order valence-corrected chi connectivity index (χ1v) is 9.01. The van der Waals surface area contributed by atoms with Crippen molar-refractivity contribution in [3.63, 3.8) is 0 Å². The van der Waals surface area contributed by atoms with Crippen LogP contribution >= 0.6 is 0 Å². The van der Waals surface area contributed by atoms with E-state index in [9.17, 15) is 9.59 Å². The second-order valence-corrected chi connectivity index (χ2v) is 6.74. The molecule has 3 rings (SSSR count). The molecule has 2 aromatic carbocycles. The number of rotatable bonds is 5. The molecule has 3 aromatic rings. The maximum absolute atomic E-state index is 12.9. The molecule has 0 saturated carbocycles. The van der Waals surface area contributed by atoms with E-state index in [4.69, 9.17) is 9.47 Å². The number of fused-ring (bicyclic) bond motifs is 1. The lowest BCUT2D eigenvalue weighted by Gasteiger charge is -2.20. The zero-order valence-corrected chi connectivity index (χ0v) is 16.7. The van der Waals surface area contributed by atoms with Crippen LogP contribution in [0.2, 0.25) is 0 Å². The van der Waals surface area contributed by atoms with Gasteiger partial charge in [0.15, 0.2) is 11.5 Å². The normalized spacial score (nSPS) is 11.9. The fraction of sp³-hybridized carbons (Fsp3) is 0.273. The highest BCUT2D eigenvalue weighted by Crippen LogP contribution is 2.30. The molecule has 0 radical (unpaired) electrons. The highest BCUT2D eigenvalue weighted by Gasteiger charge is 2.20. The number of hydrogen-bond acceptors (Lipinski definition) is 4. The largest absolute Gasteiger partial charge is 0.493 e. The number of ether oxygens (including phenoxy) is 2. The van der Waals surface area contributed by atoms with Gasteiger partial charge in [0.25, 0.3) is 5.56 Å². The number of aromatic nitrogens is 1. The number of carbonyl (C=O) groups excluding carboxylic acids is 1. The molecule has 0 aliphatic heterocycles. The number of carbonyl (C=O) groups is 1. The van der Waals surface area contributed by atoms with E-state index in [0.717, 1.165) is 22.0 Å². The number of hydrogen-bond donors (Lipinski definition) is 1. The Bertz CT molecular complexity index is 1100. The number of pyridine rings is 1. The fourth-order valence-electron chi connectivity index (χ4n) is 3.40. The number of para-hydroxylation sites is 1. The van der Waals surface area contributed by atoms with Crippen molar-refractivity contribution in [2.45, 2.75) is 26.8 Å². The van der Waals surface area contributed by atoms with Gasteiger partial charge in [0.2, 0.25) is 5.91 Å². The molecule has 1 aromatic heterocycles. The van der Waals surface area contributed by atoms with Crippen molar-refractivity contribution in [2.24, 2.45) is 0 Å². The Kier molecular flexibility index (Phi) is 5.40. The van der Waals surface area contributed by atoms with E-state index in [0.29, 0.717) is 17.2 Å². The lowest BCUT2D eigenvalue weighted by atomic mass is 10.1. The maximum atomic E-state index is 12.9. The van der Waals surface area contributed by atoms with Crippen molar-refractivity contribution in [3.05, 3.63) is 63.9 Å². The molecule has 28 heavy (non-hydrogen) atoms. The highest BCUT2D eigenvalue weighted by atomic mass is 16.5. The second-order valence-electron chi connectivity index (χ2n) is 6.74. The van der Waals surface area contributed by atoms with Crippen molar-refractivity contribution >= 4 is 22.5 Å². The lowest BCUT2D eigenvalue weighted by molar-refractivity contribution is -0.118. The fourth-order valence-corrected chi connectivity index (χ4v) is 3.40. The van der Waals surface area contributed by atoms with Crippen LogP contribution in [0.3, 0.4) is 0 Å². The summed E-state index contributed by atoms with van der Waals surface area (Å²) in [6, 6.07) is 11.9. The second kappa shape index (κ2) is 7.76. The molecule has 1 atom stereocenters. The van der Waals surface area contributed by atoms with Gasteiger partial charge in [-0.05, 0) is 44.0 Å². The summed E-state index contributed by atoms with van der Waals surface area (Å²) in [6.07, 6.45) is 0. The van der Waals surface area contributed by atoms with Gasteiger partial charge in [0.05, 0.1) is 19.7 Å². The van der Waals surface area contributed by atoms with Gasteiger partial charge in [0.1, 0.15) is 6.04 Å². The van der Waals surface area contributed by atoms with E-state index in [2.05, 4.69) is 5.32 Å². The molecule has 0 bridgehead atoms. The first-order chi connectivity index (χ1) is 13.4. The SMILES string of the molecule is COc1ccc(NC(=O)C(C)n2c(=O)cc(C)c3cccc(C)c32)cc1OC. The molecule has 0 saturated heterocycles. The molecular weight excluding hydrogens is 356 g/mol. The van der Waals surface area contributed by atoms with E-state index in [-0.39, 0.29) is 11.5 Å². The van der Waals surface area contributed by atoms with Gasteiger partial charge in [-0.2, -0.15) is 0 Å². The van der Waals surface area contributed by atoms with Gasteiger partial charge in [-0.15, -0.1) is 0 Å². The van der Waals surface area contributed by atoms with Crippen molar-refractivity contribution in [2.75, 3.05) is 19.5 Å². The van der Waals surface area contributed by atoms with Crippen LogP contribution in [0.1, 0.15) is 24.1 Å². The van der Waals surface area contributed by atoms with Crippen molar-refractivity contribution in [1.29, 1.82) is 0 Å². The van der Waals surface area contributed by atoms with Crippen LogP contribution in [-0.4, -0.2) is 24.7 Å². The van der Waals surface area contributed by atoms with Crippen LogP contribution < -0.4 is 20.3 Å². The molecule has 0 fully saturated rings. The smallest absolute Gasteiger partial charge is 0.252 e. The van der Waals surface area contributed by atoms with E-state index < -0.39 is 6.04 Å². The van der Waals surface area contributed by atoms with Crippen LogP contribution in [0.25, 0.3) is 10.9 Å². The molecule has 0 aliphatic rings. The summed E-state index contributed by atoms with van der Waals surface area (Å²) in [6.45, 7) is 5.57. The Balaban J connectivity index is 2.00. The average molecular weight is 380 g/mol. The quantitative estimate of drug-likeness (QED) is 0.730. The monoisotopic (exact) mass is 380 g/mol. The van der Waals surface area contributed by atoms with E-state index in [1.165, 1.54) is 7.11 Å². The van der Waals surface area contributed by atoms with Crippen LogP contribution in [-0.2, 0) is 4.79 Å². The Hall–Kier alpha value is -3.28. The van der Waals surface area contributed by atoms with Crippen molar-refractivity contribution in [1.82, 2.24) is 4.57 Å². The van der Waals surface area contributed by atoms with Crippen LogP contribution in [0.4, 0.5) is 5.69 Å². The highest BCUT2D eigenvalue weighted by molar-refractivity contribution is 5.95. The maximum Gasteiger partial charge on any atom is 0.252 e. The minimum absolute atomic E-state index is 0.200. The first kappa shape index (κ1) is 19.5. The van der Waals surface area contributed by atoms with Gasteiger partial charge < -0.3 is 14.8 Å². The van der Waals surface area contributed by atoms with E-state index in [1.807, 2.05) is 32.0 Å². The number of nitrogens with one attached hydrogen (secondary N) is 1. The number of aryl methyl sites for hydroxylation is 2. The molecule has 0 aliphatic carbocycles. The van der Waals surface area contributed by atoms with Gasteiger partial charge in [-0.1, -0.05) is 18.2 Å². The molecular formula is C22H24N2O4. The minimum Gasteiger partial charge on any atom is -0.493 e. The number of methoxy groups -OCH3 is 2. The summed E-state index contributed by atoms with van der Waals surface area (Å²) in [4.78, 5) is 25.7. The zero-order chi connectivity index (χ0) is 20.4. The Morgan fingerprint density at radius 1 is 1.00 bits per heavy atom. The molecule has 1 N–H and O–H groups in total. The Morgan fingerprint density at radius 3 is 2.39 bits per heavy atom. The third kappa shape index (κ3) is 3.45. The topological polar surface area (TPSA) is 69.6 Å². The Labute approximate surface area is 163 Å². The van der Waals surface area contributed by atoms with Gasteiger partial charge in [-0.3, -0.25) is 14.2 Å². The number of amides is 1. The standard InChI is InChI=1S/C22H24N2O4/c1-13-7-6-8-17-14(2)11-20(25)24(21(13)17)15(3)22(26)23-16-9-10-18(27-4)19(12-16)28-5/h6-12,15H,1-5H3,(H,23,26). The zero-order valence-electron chi connectivity index (χ0n) is 16.7. The third-order valence-corrected chi connectivity index (χ3v) is 4.90. The molecule has 1 amide bonds. The van der Waals surface area contributed by atoms with Gasteiger partial charge >= 0.3 is 0 Å². The van der Waals surface area contributed by atoms with Crippen molar-refractivity contribution in [3.8, 4) is 11.5 Å². The summed E-state index contributed by atoms with van der Waals surface area (Å²) < 4.78 is 12.0. The summed E-state index contributed by atoms with van der Waals surface area (Å²) in [7, 11) is 3.09. The third-order valence-electron chi connectivity index (χ3n) is 4.90. The minimum atomic E-state index is -0.690.